The summed E-state index contributed by atoms with van der Waals surface area (Å²) in [5, 5.41) is 0. The van der Waals surface area contributed by atoms with Gasteiger partial charge in [-0.05, 0) is 0 Å². The topological polar surface area (TPSA) is 81.4 Å². The highest BCUT2D eigenvalue weighted by Gasteiger charge is 2.03. The number of nitrogens with one attached hydrogen (secondary N) is 1. The first kappa shape index (κ1) is 12.8. The van der Waals surface area contributed by atoms with Gasteiger partial charge in [0, 0.05) is 6.42 Å². The summed E-state index contributed by atoms with van der Waals surface area (Å²) in [5.41, 5.74) is 1.90. The lowest BCUT2D eigenvalue weighted by Crippen LogP contribution is -2.30. The molecule has 0 aromatic carbocycles. The zero-order valence-corrected chi connectivity index (χ0v) is 6.94. The fourth-order valence-electron chi connectivity index (χ4n) is 0.390. The number of carbonyl (C=O) groups excluding carboxylic acids is 2. The van der Waals surface area contributed by atoms with Gasteiger partial charge in [-0.2, -0.15) is 0 Å². The van der Waals surface area contributed by atoms with E-state index in [0.29, 0.717) is 0 Å². The van der Waals surface area contributed by atoms with Crippen LogP contribution in [0.25, 0.3) is 0 Å². The molecule has 0 aromatic rings. The van der Waals surface area contributed by atoms with Gasteiger partial charge in [0.25, 0.3) is 0 Å². The smallest absolute Gasteiger partial charge is 0.306 e. The summed E-state index contributed by atoms with van der Waals surface area (Å²) in [5.74, 6) is 3.96. The van der Waals surface area contributed by atoms with Crippen LogP contribution in [-0.2, 0) is 14.3 Å². The molecule has 0 bridgehead atoms. The van der Waals surface area contributed by atoms with E-state index in [1.54, 1.807) is 0 Å². The third-order valence-corrected chi connectivity index (χ3v) is 0.945. The average Bonchev–Trinajstić information content (AvgIpc) is 1.99. The molecule has 0 saturated carbocycles. The van der Waals surface area contributed by atoms with Crippen LogP contribution in [-0.4, -0.2) is 19.0 Å². The van der Waals surface area contributed by atoms with Crippen molar-refractivity contribution < 1.29 is 14.3 Å². The zero-order chi connectivity index (χ0) is 7.98. The SMILES string of the molecule is COC(=O)CCC(=O)NN.Cl. The van der Waals surface area contributed by atoms with Gasteiger partial charge in [0.2, 0.25) is 5.91 Å². The second-order valence-electron chi connectivity index (χ2n) is 1.64. The van der Waals surface area contributed by atoms with Gasteiger partial charge < -0.3 is 4.74 Å². The van der Waals surface area contributed by atoms with Crippen molar-refractivity contribution in [3.8, 4) is 0 Å². The van der Waals surface area contributed by atoms with E-state index in [-0.39, 0.29) is 31.2 Å². The molecule has 0 atom stereocenters. The van der Waals surface area contributed by atoms with E-state index in [0.717, 1.165) is 0 Å². The fraction of sp³-hybridized carbons (Fsp3) is 0.600. The Labute approximate surface area is 70.6 Å². The minimum atomic E-state index is -0.413. The van der Waals surface area contributed by atoms with Crippen LogP contribution in [0.5, 0.6) is 0 Å². The molecule has 0 aliphatic heterocycles. The van der Waals surface area contributed by atoms with E-state index >= 15 is 0 Å². The van der Waals surface area contributed by atoms with E-state index in [1.807, 2.05) is 5.43 Å². The third-order valence-electron chi connectivity index (χ3n) is 0.945. The fourth-order valence-corrected chi connectivity index (χ4v) is 0.390. The molecule has 6 heteroatoms. The summed E-state index contributed by atoms with van der Waals surface area (Å²) in [6.45, 7) is 0. The van der Waals surface area contributed by atoms with Crippen molar-refractivity contribution in [3.05, 3.63) is 0 Å². The van der Waals surface area contributed by atoms with Crippen molar-refractivity contribution in [2.75, 3.05) is 7.11 Å². The van der Waals surface area contributed by atoms with Gasteiger partial charge in [-0.3, -0.25) is 15.0 Å². The van der Waals surface area contributed by atoms with E-state index < -0.39 is 5.97 Å². The molecule has 11 heavy (non-hydrogen) atoms. The highest BCUT2D eigenvalue weighted by atomic mass is 35.5. The van der Waals surface area contributed by atoms with Crippen LogP contribution < -0.4 is 11.3 Å². The second-order valence-corrected chi connectivity index (χ2v) is 1.64. The lowest BCUT2D eigenvalue weighted by molar-refractivity contribution is -0.142. The molecule has 66 valence electrons. The Bertz CT molecular complexity index is 124. The number of hydrazine groups is 1. The molecule has 0 aromatic heterocycles. The summed E-state index contributed by atoms with van der Waals surface area (Å²) in [6.07, 6.45) is 0.142. The molecule has 5 nitrogen and oxygen atoms in total. The van der Waals surface area contributed by atoms with Crippen LogP contribution in [0.1, 0.15) is 12.8 Å². The van der Waals surface area contributed by atoms with Gasteiger partial charge in [-0.15, -0.1) is 12.4 Å². The number of carbonyl (C=O) groups is 2. The van der Waals surface area contributed by atoms with Gasteiger partial charge in [-0.25, -0.2) is 5.84 Å². The van der Waals surface area contributed by atoms with Gasteiger partial charge >= 0.3 is 5.97 Å². The molecule has 1 amide bonds. The van der Waals surface area contributed by atoms with Crippen LogP contribution in [0.4, 0.5) is 0 Å². The quantitative estimate of drug-likeness (QED) is 0.263. The van der Waals surface area contributed by atoms with Crippen molar-refractivity contribution >= 4 is 24.3 Å². The van der Waals surface area contributed by atoms with Gasteiger partial charge in [0.05, 0.1) is 13.5 Å². The molecular formula is C5H11ClN2O3. The van der Waals surface area contributed by atoms with Crippen LogP contribution in [0.15, 0.2) is 0 Å². The molecule has 0 saturated heterocycles. The zero-order valence-electron chi connectivity index (χ0n) is 6.12. The van der Waals surface area contributed by atoms with E-state index in [9.17, 15) is 9.59 Å². The summed E-state index contributed by atoms with van der Waals surface area (Å²) in [7, 11) is 1.27. The van der Waals surface area contributed by atoms with Crippen LogP contribution >= 0.6 is 12.4 Å². The van der Waals surface area contributed by atoms with E-state index in [1.165, 1.54) is 7.11 Å². The maximum absolute atomic E-state index is 10.4. The van der Waals surface area contributed by atoms with Gasteiger partial charge in [-0.1, -0.05) is 0 Å². The Hall–Kier alpha value is -0.810. The molecule has 0 radical (unpaired) electrons. The largest absolute Gasteiger partial charge is 0.469 e. The van der Waals surface area contributed by atoms with Gasteiger partial charge in [0.1, 0.15) is 0 Å². The minimum Gasteiger partial charge on any atom is -0.469 e. The maximum atomic E-state index is 10.4. The predicted octanol–water partition coefficient (Wildman–Crippen LogP) is -0.649. The molecular weight excluding hydrogens is 172 g/mol. The summed E-state index contributed by atoms with van der Waals surface area (Å²) in [6, 6.07) is 0. The molecule has 0 aliphatic rings. The Balaban J connectivity index is 0. The lowest BCUT2D eigenvalue weighted by Gasteiger charge is -1.97. The number of methoxy groups -OCH3 is 1. The summed E-state index contributed by atoms with van der Waals surface area (Å²) >= 11 is 0. The number of rotatable bonds is 3. The monoisotopic (exact) mass is 182 g/mol. The maximum Gasteiger partial charge on any atom is 0.306 e. The number of hydrogen-bond donors (Lipinski definition) is 2. The molecule has 3 N–H and O–H groups in total. The number of ether oxygens (including phenoxy) is 1. The predicted molar refractivity (Wildman–Crippen MR) is 40.8 cm³/mol. The van der Waals surface area contributed by atoms with Gasteiger partial charge in [0.15, 0.2) is 0 Å². The van der Waals surface area contributed by atoms with Crippen molar-refractivity contribution in [3.63, 3.8) is 0 Å². The second kappa shape index (κ2) is 7.30. The Kier molecular flexibility index (Phi) is 8.51. The van der Waals surface area contributed by atoms with E-state index in [2.05, 4.69) is 4.74 Å². The Morgan fingerprint density at radius 1 is 1.45 bits per heavy atom. The minimum absolute atomic E-state index is 0. The number of amides is 1. The highest BCUT2D eigenvalue weighted by molar-refractivity contribution is 5.85. The first-order chi connectivity index (χ1) is 4.70. The number of esters is 1. The first-order valence-electron chi connectivity index (χ1n) is 2.77. The van der Waals surface area contributed by atoms with Crippen molar-refractivity contribution in [1.29, 1.82) is 0 Å². The number of halogens is 1. The average molecular weight is 183 g/mol. The lowest BCUT2D eigenvalue weighted by atomic mass is 10.3. The van der Waals surface area contributed by atoms with Crippen molar-refractivity contribution in [2.45, 2.75) is 12.8 Å². The normalized spacial score (nSPS) is 7.82. The van der Waals surface area contributed by atoms with E-state index in [4.69, 9.17) is 5.84 Å². The van der Waals surface area contributed by atoms with Crippen LogP contribution in [0.2, 0.25) is 0 Å². The third kappa shape index (κ3) is 7.08. The van der Waals surface area contributed by atoms with Crippen LogP contribution in [0.3, 0.4) is 0 Å². The molecule has 0 unspecified atom stereocenters. The molecule has 0 rings (SSSR count). The first-order valence-corrected chi connectivity index (χ1v) is 2.77. The molecule has 0 spiro atoms. The molecule has 0 fully saturated rings. The summed E-state index contributed by atoms with van der Waals surface area (Å²) in [4.78, 5) is 20.8. The highest BCUT2D eigenvalue weighted by Crippen LogP contribution is 1.89. The number of nitrogens with two attached hydrogens (primary N) is 1. The molecule has 0 aliphatic carbocycles. The Morgan fingerprint density at radius 3 is 2.36 bits per heavy atom. The Morgan fingerprint density at radius 2 is 2.00 bits per heavy atom. The van der Waals surface area contributed by atoms with Crippen molar-refractivity contribution in [1.82, 2.24) is 5.43 Å². The summed E-state index contributed by atoms with van der Waals surface area (Å²) < 4.78 is 4.29. The van der Waals surface area contributed by atoms with Crippen molar-refractivity contribution in [2.24, 2.45) is 5.84 Å². The number of hydrogen-bond acceptors (Lipinski definition) is 4. The standard InChI is InChI=1S/C5H10N2O3.ClH/c1-10-5(9)3-2-4(8)7-6;/h2-3,6H2,1H3,(H,7,8);1H. The van der Waals surface area contributed by atoms with Crippen LogP contribution in [0, 0.1) is 0 Å². The molecule has 0 heterocycles.